The largest absolute Gasteiger partial charge is 0.480 e. The number of aromatic nitrogens is 1. The number of hydrogen-bond acceptors (Lipinski definition) is 3. The summed E-state index contributed by atoms with van der Waals surface area (Å²) in [6, 6.07) is 5.12. The van der Waals surface area contributed by atoms with E-state index in [0.29, 0.717) is 6.54 Å². The van der Waals surface area contributed by atoms with Crippen molar-refractivity contribution < 1.29 is 14.7 Å². The quantitative estimate of drug-likeness (QED) is 0.891. The van der Waals surface area contributed by atoms with E-state index >= 15 is 0 Å². The summed E-state index contributed by atoms with van der Waals surface area (Å²) in [5.74, 6) is -1.02. The van der Waals surface area contributed by atoms with Gasteiger partial charge in [-0.3, -0.25) is 9.78 Å². The Morgan fingerprint density at radius 1 is 1.35 bits per heavy atom. The molecule has 0 aliphatic rings. The predicted molar refractivity (Wildman–Crippen MR) is 75.3 cm³/mol. The molecule has 6 heteroatoms. The third-order valence-electron chi connectivity index (χ3n) is 2.85. The van der Waals surface area contributed by atoms with E-state index in [9.17, 15) is 9.59 Å². The molecule has 0 aliphatic carbocycles. The highest BCUT2D eigenvalue weighted by Gasteiger charge is 2.23. The van der Waals surface area contributed by atoms with Gasteiger partial charge in [0.1, 0.15) is 6.54 Å². The normalized spacial score (nSPS) is 10.4. The van der Waals surface area contributed by atoms with Crippen molar-refractivity contribution in [2.75, 3.05) is 13.6 Å². The van der Waals surface area contributed by atoms with Crippen molar-refractivity contribution >= 4 is 12.0 Å². The van der Waals surface area contributed by atoms with Crippen molar-refractivity contribution in [3.05, 3.63) is 29.6 Å². The first-order chi connectivity index (χ1) is 9.31. The highest BCUT2D eigenvalue weighted by molar-refractivity contribution is 5.80. The lowest BCUT2D eigenvalue weighted by atomic mass is 10.3. The number of urea groups is 1. The number of rotatable bonds is 5. The summed E-state index contributed by atoms with van der Waals surface area (Å²) in [7, 11) is 1.64. The lowest BCUT2D eigenvalue weighted by Gasteiger charge is -2.29. The molecular weight excluding hydrogens is 258 g/mol. The Bertz CT molecular complexity index is 488. The third-order valence-corrected chi connectivity index (χ3v) is 2.85. The number of carboxylic acid groups (broad SMARTS) is 1. The molecule has 0 saturated heterocycles. The van der Waals surface area contributed by atoms with Gasteiger partial charge >= 0.3 is 12.0 Å². The van der Waals surface area contributed by atoms with Crippen LogP contribution in [0.2, 0.25) is 0 Å². The first-order valence-corrected chi connectivity index (χ1v) is 6.47. The van der Waals surface area contributed by atoms with Crippen LogP contribution in [0.1, 0.15) is 25.2 Å². The Labute approximate surface area is 119 Å². The van der Waals surface area contributed by atoms with Crippen molar-refractivity contribution in [1.82, 2.24) is 14.8 Å². The van der Waals surface area contributed by atoms with Crippen LogP contribution in [0.15, 0.2) is 18.2 Å². The van der Waals surface area contributed by atoms with E-state index in [2.05, 4.69) is 4.98 Å². The van der Waals surface area contributed by atoms with Gasteiger partial charge in [0.15, 0.2) is 0 Å². The Kier molecular flexibility index (Phi) is 5.49. The number of pyridine rings is 1. The van der Waals surface area contributed by atoms with Crippen LogP contribution in [0.5, 0.6) is 0 Å². The molecule has 0 saturated carbocycles. The summed E-state index contributed by atoms with van der Waals surface area (Å²) in [4.78, 5) is 30.2. The molecule has 20 heavy (non-hydrogen) atoms. The number of aliphatic carboxylic acids is 1. The van der Waals surface area contributed by atoms with Crippen LogP contribution in [-0.4, -0.2) is 51.5 Å². The molecule has 1 N–H and O–H groups in total. The van der Waals surface area contributed by atoms with E-state index in [0.717, 1.165) is 11.4 Å². The van der Waals surface area contributed by atoms with Crippen molar-refractivity contribution in [1.29, 1.82) is 0 Å². The summed E-state index contributed by atoms with van der Waals surface area (Å²) in [5, 5.41) is 8.86. The molecule has 0 unspecified atom stereocenters. The van der Waals surface area contributed by atoms with Gasteiger partial charge in [-0.05, 0) is 32.9 Å². The van der Waals surface area contributed by atoms with Crippen LogP contribution in [0, 0.1) is 6.92 Å². The van der Waals surface area contributed by atoms with Crippen LogP contribution in [0.25, 0.3) is 0 Å². The van der Waals surface area contributed by atoms with E-state index < -0.39 is 5.97 Å². The summed E-state index contributed by atoms with van der Waals surface area (Å²) in [5.41, 5.74) is 1.66. The zero-order chi connectivity index (χ0) is 15.3. The van der Waals surface area contributed by atoms with Crippen molar-refractivity contribution in [3.63, 3.8) is 0 Å². The minimum absolute atomic E-state index is 0.175. The maximum Gasteiger partial charge on any atom is 0.323 e. The third kappa shape index (κ3) is 4.53. The molecule has 0 aliphatic heterocycles. The van der Waals surface area contributed by atoms with Gasteiger partial charge in [0.2, 0.25) is 0 Å². The molecule has 0 radical (unpaired) electrons. The average Bonchev–Trinajstić information content (AvgIpc) is 2.34. The lowest BCUT2D eigenvalue weighted by Crippen LogP contribution is -2.47. The predicted octanol–water partition coefficient (Wildman–Crippen LogP) is 1.74. The first kappa shape index (κ1) is 15.9. The van der Waals surface area contributed by atoms with Gasteiger partial charge in [-0.1, -0.05) is 6.07 Å². The minimum atomic E-state index is -1.02. The summed E-state index contributed by atoms with van der Waals surface area (Å²) in [6.45, 7) is 5.51. The molecule has 1 heterocycles. The zero-order valence-electron chi connectivity index (χ0n) is 12.3. The van der Waals surface area contributed by atoms with Gasteiger partial charge in [0.05, 0.1) is 12.2 Å². The van der Waals surface area contributed by atoms with Gasteiger partial charge in [0, 0.05) is 18.8 Å². The highest BCUT2D eigenvalue weighted by Crippen LogP contribution is 2.07. The fourth-order valence-corrected chi connectivity index (χ4v) is 1.83. The van der Waals surface area contributed by atoms with Gasteiger partial charge in [-0.2, -0.15) is 0 Å². The molecule has 0 fully saturated rings. The Morgan fingerprint density at radius 2 is 2.00 bits per heavy atom. The second-order valence-corrected chi connectivity index (χ2v) is 5.02. The molecule has 1 rings (SSSR count). The molecule has 1 aromatic heterocycles. The number of carbonyl (C=O) groups is 2. The van der Waals surface area contributed by atoms with Crippen LogP contribution in [0.4, 0.5) is 4.79 Å². The van der Waals surface area contributed by atoms with Crippen LogP contribution < -0.4 is 0 Å². The summed E-state index contributed by atoms with van der Waals surface area (Å²) >= 11 is 0. The molecule has 0 atom stereocenters. The fourth-order valence-electron chi connectivity index (χ4n) is 1.83. The molecule has 2 amide bonds. The molecule has 0 aromatic carbocycles. The smallest absolute Gasteiger partial charge is 0.323 e. The van der Waals surface area contributed by atoms with Crippen LogP contribution in [0.3, 0.4) is 0 Å². The number of aryl methyl sites for hydroxylation is 1. The maximum absolute atomic E-state index is 12.3. The first-order valence-electron chi connectivity index (χ1n) is 6.47. The number of nitrogens with zero attached hydrogens (tertiary/aromatic N) is 3. The Hall–Kier alpha value is -2.11. The van der Waals surface area contributed by atoms with Gasteiger partial charge < -0.3 is 14.9 Å². The Morgan fingerprint density at radius 3 is 2.50 bits per heavy atom. The van der Waals surface area contributed by atoms with Gasteiger partial charge in [-0.25, -0.2) is 4.79 Å². The lowest BCUT2D eigenvalue weighted by molar-refractivity contribution is -0.138. The van der Waals surface area contributed by atoms with Gasteiger partial charge in [-0.15, -0.1) is 0 Å². The fraction of sp³-hybridized carbons (Fsp3) is 0.500. The molecular formula is C14H21N3O3. The molecule has 6 nitrogen and oxygen atoms in total. The van der Waals surface area contributed by atoms with Crippen LogP contribution in [-0.2, 0) is 11.3 Å². The van der Waals surface area contributed by atoms with Crippen molar-refractivity contribution in [2.45, 2.75) is 33.4 Å². The zero-order valence-corrected chi connectivity index (χ0v) is 12.3. The van der Waals surface area contributed by atoms with Crippen molar-refractivity contribution in [2.24, 2.45) is 0 Å². The number of amides is 2. The van der Waals surface area contributed by atoms with E-state index in [1.807, 2.05) is 25.1 Å². The molecule has 0 bridgehead atoms. The number of hydrogen-bond donors (Lipinski definition) is 1. The highest BCUT2D eigenvalue weighted by atomic mass is 16.4. The van der Waals surface area contributed by atoms with E-state index in [1.54, 1.807) is 20.9 Å². The second-order valence-electron chi connectivity index (χ2n) is 5.02. The maximum atomic E-state index is 12.3. The van der Waals surface area contributed by atoms with E-state index in [4.69, 9.17) is 5.11 Å². The molecule has 110 valence electrons. The van der Waals surface area contributed by atoms with Crippen molar-refractivity contribution in [3.8, 4) is 0 Å². The number of carboxylic acids is 1. The molecule has 1 aromatic rings. The molecule has 0 spiro atoms. The summed E-state index contributed by atoms with van der Waals surface area (Å²) < 4.78 is 0. The minimum Gasteiger partial charge on any atom is -0.480 e. The summed E-state index contributed by atoms with van der Waals surface area (Å²) in [6.07, 6.45) is 0. The van der Waals surface area contributed by atoms with Crippen LogP contribution >= 0.6 is 0 Å². The van der Waals surface area contributed by atoms with E-state index in [-0.39, 0.29) is 18.6 Å². The SMILES string of the molecule is Cc1cccc(CN(C)C(=O)N(CC(=O)O)C(C)C)n1. The van der Waals surface area contributed by atoms with E-state index in [1.165, 1.54) is 9.80 Å². The standard InChI is InChI=1S/C14H21N3O3/c1-10(2)17(9-13(18)19)14(20)16(4)8-12-7-5-6-11(3)15-12/h5-7,10H,8-9H2,1-4H3,(H,18,19). The average molecular weight is 279 g/mol. The monoisotopic (exact) mass is 279 g/mol. The topological polar surface area (TPSA) is 73.7 Å². The number of carbonyl (C=O) groups excluding carboxylic acids is 1. The second kappa shape index (κ2) is 6.88. The van der Waals surface area contributed by atoms with Gasteiger partial charge in [0.25, 0.3) is 0 Å². The Balaban J connectivity index is 2.76.